The molecule has 6 bridgehead atoms. The molecule has 6 rings (SSSR count). The molecule has 10 heteroatoms. The van der Waals surface area contributed by atoms with Crippen LogP contribution in [0, 0.1) is 59.2 Å². The number of thioether (sulfide) groups is 1. The van der Waals surface area contributed by atoms with Crippen molar-refractivity contribution in [2.24, 2.45) is 59.2 Å². The van der Waals surface area contributed by atoms with Crippen molar-refractivity contribution < 1.29 is 25.3 Å². The predicted octanol–water partition coefficient (Wildman–Crippen LogP) is 8.09. The van der Waals surface area contributed by atoms with Crippen molar-refractivity contribution in [1.29, 1.82) is 0 Å². The molecule has 0 aliphatic heterocycles. The zero-order valence-corrected chi connectivity index (χ0v) is 30.4. The smallest absolute Gasteiger partial charge is 0.202 e. The molecule has 6 aliphatic carbocycles. The van der Waals surface area contributed by atoms with E-state index in [0.717, 1.165) is 81.2 Å². The van der Waals surface area contributed by atoms with E-state index in [9.17, 15) is 9.59 Å². The molecule has 0 heterocycles. The first-order chi connectivity index (χ1) is 19.5. The zero-order chi connectivity index (χ0) is 30.5. The van der Waals surface area contributed by atoms with Crippen molar-refractivity contribution in [2.75, 3.05) is 11.5 Å². The summed E-state index contributed by atoms with van der Waals surface area (Å²) in [5.74, 6) is 11.6. The lowest BCUT2D eigenvalue weighted by Gasteiger charge is -2.25. The Balaban J connectivity index is 0.000000552. The van der Waals surface area contributed by atoms with E-state index in [-0.39, 0.29) is 21.2 Å². The highest BCUT2D eigenvalue weighted by atomic mass is 32.2. The Morgan fingerprint density at radius 2 is 1.51 bits per heavy atom. The van der Waals surface area contributed by atoms with Gasteiger partial charge in [-0.1, -0.05) is 36.9 Å². The lowest BCUT2D eigenvalue weighted by Crippen LogP contribution is -2.18. The summed E-state index contributed by atoms with van der Waals surface area (Å²) in [5, 5.41) is 1.96. The van der Waals surface area contributed by atoms with Gasteiger partial charge in [-0.05, 0) is 129 Å². The molecule has 0 radical (unpaired) electrons. The van der Waals surface area contributed by atoms with E-state index in [2.05, 4.69) is 81.8 Å². The first-order valence-electron chi connectivity index (χ1n) is 15.4. The van der Waals surface area contributed by atoms with Crippen molar-refractivity contribution in [2.45, 2.75) is 90.2 Å². The van der Waals surface area contributed by atoms with Crippen LogP contribution in [-0.4, -0.2) is 43.2 Å². The van der Waals surface area contributed by atoms with E-state index in [1.165, 1.54) is 82.9 Å². The lowest BCUT2D eigenvalue weighted by atomic mass is 9.82. The molecule has 3 N–H and O–H groups in total. The number of thiocarbonyl (C=S) groups is 1. The minimum atomic E-state index is -0.139. The molecule has 5 nitrogen and oxygen atoms in total. The minimum absolute atomic E-state index is 0. The maximum absolute atomic E-state index is 10.8. The minimum Gasteiger partial charge on any atom is -0.870 e. The molecule has 0 aromatic rings. The first kappa shape index (κ1) is 42.9. The Bertz CT molecular complexity index is 900. The molecule has 5 saturated carbocycles. The van der Waals surface area contributed by atoms with Gasteiger partial charge in [0, 0.05) is 37.1 Å². The monoisotopic (exact) mass is 691 g/mol. The highest BCUT2D eigenvalue weighted by molar-refractivity contribution is 8.13. The van der Waals surface area contributed by atoms with Gasteiger partial charge in [0.05, 0.1) is 0 Å². The van der Waals surface area contributed by atoms with E-state index in [1.807, 2.05) is 0 Å². The fourth-order valence-electron chi connectivity index (χ4n) is 8.37. The molecule has 0 spiro atoms. The molecular formula is C33H55O5S5-. The Morgan fingerprint density at radius 1 is 0.953 bits per heavy atom. The number of carbonyl (C=O) groups excluding carboxylic acids is 3. The number of allylic oxidation sites excluding steroid dienone is 3. The summed E-state index contributed by atoms with van der Waals surface area (Å²) in [7, 11) is 0. The maximum Gasteiger partial charge on any atom is 0.202 e. The predicted molar refractivity (Wildman–Crippen MR) is 194 cm³/mol. The van der Waals surface area contributed by atoms with Crippen LogP contribution in [0.2, 0.25) is 0 Å². The SMILES string of the molecule is C=CC1CC2C=CC1C2.CC(=O)S.CC(=O)SCCC1CC2CC1CC2C.O.O=C=S.SCCC1CC2CC1CC2S.[OH-]. The van der Waals surface area contributed by atoms with Crippen molar-refractivity contribution in [3.8, 4) is 0 Å². The van der Waals surface area contributed by atoms with Gasteiger partial charge < -0.3 is 11.0 Å². The van der Waals surface area contributed by atoms with Gasteiger partial charge in [-0.15, -0.1) is 19.2 Å². The third kappa shape index (κ3) is 14.5. The molecule has 6 aliphatic rings. The van der Waals surface area contributed by atoms with Crippen molar-refractivity contribution in [3.05, 3.63) is 24.8 Å². The third-order valence-electron chi connectivity index (χ3n) is 10.2. The van der Waals surface area contributed by atoms with Crippen molar-refractivity contribution >= 4 is 77.3 Å². The largest absolute Gasteiger partial charge is 0.870 e. The number of hydrogen-bond acceptors (Lipinski definition) is 8. The second-order valence-corrected chi connectivity index (χ2v) is 16.1. The van der Waals surface area contributed by atoms with Gasteiger partial charge >= 0.3 is 0 Å². The van der Waals surface area contributed by atoms with Crippen LogP contribution in [0.4, 0.5) is 0 Å². The van der Waals surface area contributed by atoms with E-state index in [4.69, 9.17) is 4.79 Å². The second-order valence-electron chi connectivity index (χ2n) is 12.9. The first-order valence-corrected chi connectivity index (χ1v) is 18.4. The molecule has 5 fully saturated rings. The van der Waals surface area contributed by atoms with Crippen LogP contribution in [0.3, 0.4) is 0 Å². The molecule has 0 aromatic heterocycles. The molecular weight excluding hydrogens is 637 g/mol. The maximum atomic E-state index is 10.8. The fourth-order valence-corrected chi connectivity index (χ4v) is 9.92. The average molecular weight is 692 g/mol. The summed E-state index contributed by atoms with van der Waals surface area (Å²) in [4.78, 5) is 28.6. The van der Waals surface area contributed by atoms with Gasteiger partial charge in [-0.2, -0.15) is 25.3 Å². The Hall–Kier alpha value is -0.0600. The van der Waals surface area contributed by atoms with Crippen LogP contribution >= 0.6 is 61.9 Å². The van der Waals surface area contributed by atoms with E-state index >= 15 is 0 Å². The molecule has 0 aromatic carbocycles. The Kier molecular flexibility index (Phi) is 22.4. The zero-order valence-electron chi connectivity index (χ0n) is 26.1. The molecule has 11 unspecified atom stereocenters. The molecule has 11 atom stereocenters. The summed E-state index contributed by atoms with van der Waals surface area (Å²) >= 11 is 17.3. The molecule has 0 amide bonds. The molecule has 43 heavy (non-hydrogen) atoms. The lowest BCUT2D eigenvalue weighted by molar-refractivity contribution is -0.109. The number of thiol groups is 3. The molecule has 0 saturated heterocycles. The Morgan fingerprint density at radius 3 is 1.86 bits per heavy atom. The highest BCUT2D eigenvalue weighted by Crippen LogP contribution is 2.53. The van der Waals surface area contributed by atoms with Gasteiger partial charge in [0.15, 0.2) is 10.2 Å². The Labute approximate surface area is 286 Å². The van der Waals surface area contributed by atoms with Crippen LogP contribution in [0.1, 0.15) is 85.0 Å². The standard InChI is InChI=1S/C12H20OS.C9H16S2.C9H12.C2H4OS.COS.2H2O/c1-8-5-12-7-11(8)6-10(12)3-4-14-9(2)13;10-2-1-6-3-8-4-7(6)5-9(8)11;1-2-8-5-7-3-4-9(8)6-7;1-2(3)4;2-1-3;;/h8,10-12H,3-7H2,1-2H3;6-11H,1-5H2;2-4,7-9H,1,5-6H2;1H3,(H,3,4);;2*1H2/p-1. The highest BCUT2D eigenvalue weighted by Gasteiger charge is 2.44. The summed E-state index contributed by atoms with van der Waals surface area (Å²) in [6.45, 7) is 9.30. The van der Waals surface area contributed by atoms with Crippen molar-refractivity contribution in [1.82, 2.24) is 0 Å². The number of fused-ring (bicyclic) bond motifs is 6. The summed E-state index contributed by atoms with van der Waals surface area (Å²) in [5.41, 5.74) is 0. The molecule has 248 valence electrons. The van der Waals surface area contributed by atoms with Crippen LogP contribution in [0.25, 0.3) is 0 Å². The quantitative estimate of drug-likeness (QED) is 0.148. The van der Waals surface area contributed by atoms with E-state index in [0.29, 0.717) is 0 Å². The van der Waals surface area contributed by atoms with E-state index < -0.39 is 0 Å². The van der Waals surface area contributed by atoms with Crippen LogP contribution in [-0.2, 0) is 14.4 Å². The number of carbonyl (C=O) groups is 2. The average Bonchev–Trinajstić information content (AvgIpc) is 3.74. The van der Waals surface area contributed by atoms with Crippen LogP contribution in [0.5, 0.6) is 0 Å². The van der Waals surface area contributed by atoms with E-state index in [1.54, 1.807) is 6.92 Å². The number of hydrogen-bond donors (Lipinski definition) is 3. The van der Waals surface area contributed by atoms with Gasteiger partial charge in [-0.25, -0.2) is 4.79 Å². The summed E-state index contributed by atoms with van der Waals surface area (Å²) in [6, 6.07) is 0. The van der Waals surface area contributed by atoms with Crippen molar-refractivity contribution in [3.63, 3.8) is 0 Å². The van der Waals surface area contributed by atoms with Crippen LogP contribution in [0.15, 0.2) is 24.8 Å². The van der Waals surface area contributed by atoms with Crippen LogP contribution < -0.4 is 0 Å². The summed E-state index contributed by atoms with van der Waals surface area (Å²) in [6.07, 6.45) is 20.9. The fraction of sp³-hybridized carbons (Fsp3) is 0.788. The van der Waals surface area contributed by atoms with Gasteiger partial charge in [0.25, 0.3) is 0 Å². The number of rotatable bonds is 6. The van der Waals surface area contributed by atoms with Gasteiger partial charge in [0.2, 0.25) is 5.23 Å². The normalized spacial score (nSPS) is 36.0. The third-order valence-corrected chi connectivity index (χ3v) is 12.0. The van der Waals surface area contributed by atoms with Gasteiger partial charge in [0.1, 0.15) is 0 Å². The van der Waals surface area contributed by atoms with Gasteiger partial charge in [-0.3, -0.25) is 9.59 Å². The topological polar surface area (TPSA) is 113 Å². The summed E-state index contributed by atoms with van der Waals surface area (Å²) < 4.78 is 0. The second kappa shape index (κ2) is 22.5.